The maximum Gasteiger partial charge on any atom is 0.317 e. The third kappa shape index (κ3) is 4.87. The number of nitrogens with zero attached hydrogens (tertiary/aromatic N) is 1. The summed E-state index contributed by atoms with van der Waals surface area (Å²) in [5.74, 6) is 1.33. The molecule has 1 N–H and O–H groups in total. The molecular formula is C15H22F2N2O4. The van der Waals surface area contributed by atoms with Crippen LogP contribution in [0.2, 0.25) is 0 Å². The first-order chi connectivity index (χ1) is 10.8. The normalized spacial score (nSPS) is 11.8. The van der Waals surface area contributed by atoms with Gasteiger partial charge in [-0.15, -0.1) is 0 Å². The van der Waals surface area contributed by atoms with Crippen molar-refractivity contribution in [2.75, 3.05) is 34.9 Å². The van der Waals surface area contributed by atoms with Crippen LogP contribution in [0.25, 0.3) is 0 Å². The van der Waals surface area contributed by atoms with E-state index in [9.17, 15) is 13.6 Å². The van der Waals surface area contributed by atoms with E-state index in [0.717, 1.165) is 4.90 Å². The highest BCUT2D eigenvalue weighted by Gasteiger charge is 2.20. The Hall–Kier alpha value is -2.25. The fraction of sp³-hybridized carbons (Fsp3) is 0.533. The van der Waals surface area contributed by atoms with E-state index in [1.165, 1.54) is 28.4 Å². The van der Waals surface area contributed by atoms with Gasteiger partial charge < -0.3 is 24.4 Å². The summed E-state index contributed by atoms with van der Waals surface area (Å²) >= 11 is 0. The smallest absolute Gasteiger partial charge is 0.317 e. The first-order valence-corrected chi connectivity index (χ1v) is 6.93. The van der Waals surface area contributed by atoms with E-state index in [0.29, 0.717) is 22.8 Å². The van der Waals surface area contributed by atoms with Gasteiger partial charge in [-0.1, -0.05) is 0 Å². The van der Waals surface area contributed by atoms with E-state index in [1.54, 1.807) is 19.1 Å². The summed E-state index contributed by atoms with van der Waals surface area (Å²) in [6.45, 7) is 1.10. The minimum absolute atomic E-state index is 0.434. The summed E-state index contributed by atoms with van der Waals surface area (Å²) in [4.78, 5) is 12.8. The molecule has 23 heavy (non-hydrogen) atoms. The van der Waals surface area contributed by atoms with Gasteiger partial charge in [-0.05, 0) is 24.6 Å². The quantitative estimate of drug-likeness (QED) is 0.834. The number of carbonyl (C=O) groups is 1. The lowest BCUT2D eigenvalue weighted by atomic mass is 10.1. The van der Waals surface area contributed by atoms with E-state index in [4.69, 9.17) is 14.2 Å². The zero-order valence-electron chi connectivity index (χ0n) is 13.9. The highest BCUT2D eigenvalue weighted by Crippen LogP contribution is 2.39. The van der Waals surface area contributed by atoms with Crippen LogP contribution in [-0.4, -0.2) is 52.3 Å². The van der Waals surface area contributed by atoms with E-state index in [2.05, 4.69) is 5.32 Å². The third-order valence-electron chi connectivity index (χ3n) is 3.29. The molecule has 0 saturated heterocycles. The number of carbonyl (C=O) groups excluding carboxylic acids is 1. The molecule has 0 aromatic heterocycles. The second-order valence-corrected chi connectivity index (χ2v) is 4.90. The van der Waals surface area contributed by atoms with E-state index in [1.807, 2.05) is 0 Å². The van der Waals surface area contributed by atoms with Crippen LogP contribution in [0.15, 0.2) is 12.1 Å². The van der Waals surface area contributed by atoms with Crippen LogP contribution >= 0.6 is 0 Å². The Bertz CT molecular complexity index is 515. The summed E-state index contributed by atoms with van der Waals surface area (Å²) in [5, 5.41) is 2.64. The van der Waals surface area contributed by atoms with Gasteiger partial charge in [0.2, 0.25) is 5.75 Å². The monoisotopic (exact) mass is 332 g/mol. The maximum atomic E-state index is 12.3. The predicted molar refractivity (Wildman–Crippen MR) is 81.7 cm³/mol. The molecule has 1 aromatic carbocycles. The van der Waals surface area contributed by atoms with E-state index in [-0.39, 0.29) is 0 Å². The molecule has 130 valence electrons. The van der Waals surface area contributed by atoms with Gasteiger partial charge in [0.05, 0.1) is 33.9 Å². The van der Waals surface area contributed by atoms with Crippen molar-refractivity contribution in [2.24, 2.45) is 0 Å². The SMILES string of the molecule is COc1cc(C(C)NC(=O)N(C)CC(F)F)cc(OC)c1OC. The number of ether oxygens (including phenoxy) is 3. The van der Waals surface area contributed by atoms with Crippen LogP contribution in [0.4, 0.5) is 13.6 Å². The maximum absolute atomic E-state index is 12.3. The number of alkyl halides is 2. The minimum Gasteiger partial charge on any atom is -0.493 e. The van der Waals surface area contributed by atoms with Crippen LogP contribution in [0, 0.1) is 0 Å². The van der Waals surface area contributed by atoms with Crippen molar-refractivity contribution in [1.29, 1.82) is 0 Å². The number of amides is 2. The fourth-order valence-electron chi connectivity index (χ4n) is 2.02. The third-order valence-corrected chi connectivity index (χ3v) is 3.29. The molecular weight excluding hydrogens is 310 g/mol. The number of halogens is 2. The minimum atomic E-state index is -2.58. The Morgan fingerprint density at radius 3 is 2.09 bits per heavy atom. The van der Waals surface area contributed by atoms with E-state index < -0.39 is 25.0 Å². The summed E-state index contributed by atoms with van der Waals surface area (Å²) in [7, 11) is 5.77. The lowest BCUT2D eigenvalue weighted by Gasteiger charge is -2.22. The molecule has 1 atom stereocenters. The number of methoxy groups -OCH3 is 3. The van der Waals surface area contributed by atoms with Crippen molar-refractivity contribution in [3.63, 3.8) is 0 Å². The van der Waals surface area contributed by atoms with Gasteiger partial charge in [-0.3, -0.25) is 0 Å². The Morgan fingerprint density at radius 1 is 1.17 bits per heavy atom. The molecule has 1 unspecified atom stereocenters. The van der Waals surface area contributed by atoms with Crippen LogP contribution in [0.3, 0.4) is 0 Å². The van der Waals surface area contributed by atoms with Gasteiger partial charge in [-0.25, -0.2) is 13.6 Å². The van der Waals surface area contributed by atoms with Crippen molar-refractivity contribution >= 4 is 6.03 Å². The molecule has 0 aliphatic carbocycles. The summed E-state index contributed by atoms with van der Waals surface area (Å²) < 4.78 is 40.4. The first kappa shape index (κ1) is 18.8. The molecule has 8 heteroatoms. The zero-order valence-corrected chi connectivity index (χ0v) is 13.9. The average molecular weight is 332 g/mol. The van der Waals surface area contributed by atoms with Gasteiger partial charge in [0.25, 0.3) is 6.43 Å². The predicted octanol–water partition coefficient (Wildman–Crippen LogP) is 2.68. The van der Waals surface area contributed by atoms with Crippen molar-refractivity contribution in [3.05, 3.63) is 17.7 Å². The largest absolute Gasteiger partial charge is 0.493 e. The first-order valence-electron chi connectivity index (χ1n) is 6.93. The summed E-state index contributed by atoms with van der Waals surface area (Å²) in [6.07, 6.45) is -2.58. The highest BCUT2D eigenvalue weighted by atomic mass is 19.3. The lowest BCUT2D eigenvalue weighted by molar-refractivity contribution is 0.107. The molecule has 1 aromatic rings. The Morgan fingerprint density at radius 2 is 1.70 bits per heavy atom. The van der Waals surface area contributed by atoms with Crippen LogP contribution in [-0.2, 0) is 0 Å². The molecule has 1 rings (SSSR count). The van der Waals surface area contributed by atoms with Gasteiger partial charge in [-0.2, -0.15) is 0 Å². The number of nitrogens with one attached hydrogen (secondary N) is 1. The fourth-order valence-corrected chi connectivity index (χ4v) is 2.02. The molecule has 0 fully saturated rings. The Labute approximate surface area is 134 Å². The number of rotatable bonds is 7. The van der Waals surface area contributed by atoms with E-state index >= 15 is 0 Å². The molecule has 0 spiro atoms. The second-order valence-electron chi connectivity index (χ2n) is 4.90. The van der Waals surface area contributed by atoms with Gasteiger partial charge in [0, 0.05) is 7.05 Å². The molecule has 0 heterocycles. The van der Waals surface area contributed by atoms with Crippen LogP contribution < -0.4 is 19.5 Å². The molecule has 0 aliphatic rings. The number of hydrogen-bond donors (Lipinski definition) is 1. The molecule has 0 aliphatic heterocycles. The van der Waals surface area contributed by atoms with Crippen LogP contribution in [0.5, 0.6) is 17.2 Å². The molecule has 0 saturated carbocycles. The number of urea groups is 1. The van der Waals surface area contributed by atoms with Gasteiger partial charge in [0.1, 0.15) is 0 Å². The van der Waals surface area contributed by atoms with Crippen molar-refractivity contribution < 1.29 is 27.8 Å². The molecule has 0 bridgehead atoms. The van der Waals surface area contributed by atoms with Crippen molar-refractivity contribution in [3.8, 4) is 17.2 Å². The van der Waals surface area contributed by atoms with Gasteiger partial charge >= 0.3 is 6.03 Å². The van der Waals surface area contributed by atoms with Gasteiger partial charge in [0.15, 0.2) is 11.5 Å². The Kier molecular flexibility index (Phi) is 6.87. The standard InChI is InChI=1S/C15H22F2N2O4/c1-9(18-15(20)19(2)8-13(16)17)10-6-11(21-3)14(23-5)12(7-10)22-4/h6-7,9,13H,8H2,1-5H3,(H,18,20). The molecule has 0 radical (unpaired) electrons. The lowest BCUT2D eigenvalue weighted by Crippen LogP contribution is -2.40. The topological polar surface area (TPSA) is 60.0 Å². The number of benzene rings is 1. The van der Waals surface area contributed by atoms with Crippen LogP contribution in [0.1, 0.15) is 18.5 Å². The van der Waals surface area contributed by atoms with Crippen molar-refractivity contribution in [1.82, 2.24) is 10.2 Å². The zero-order chi connectivity index (χ0) is 17.6. The Balaban J connectivity index is 2.95. The highest BCUT2D eigenvalue weighted by molar-refractivity contribution is 5.74. The van der Waals surface area contributed by atoms with Crippen molar-refractivity contribution in [2.45, 2.75) is 19.4 Å². The number of hydrogen-bond acceptors (Lipinski definition) is 4. The molecule has 2 amide bonds. The second kappa shape index (κ2) is 8.40. The summed E-state index contributed by atoms with van der Waals surface area (Å²) in [6, 6.07) is 2.36. The molecule has 6 nitrogen and oxygen atoms in total. The average Bonchev–Trinajstić information content (AvgIpc) is 2.52. The summed E-state index contributed by atoms with van der Waals surface area (Å²) in [5.41, 5.74) is 0.693.